The number of nitrogens with zero attached hydrogens (tertiary/aromatic N) is 4. The van der Waals surface area contributed by atoms with Gasteiger partial charge in [0.25, 0.3) is 0 Å². The molecule has 3 N–H and O–H groups in total. The zero-order valence-electron chi connectivity index (χ0n) is 15.6. The van der Waals surface area contributed by atoms with E-state index in [1.54, 1.807) is 7.05 Å². The fraction of sp³-hybridized carbons (Fsp3) is 0.611. The Morgan fingerprint density at radius 1 is 1.29 bits per heavy atom. The molecule has 2 aliphatic carbocycles. The Morgan fingerprint density at radius 3 is 2.39 bits per heavy atom. The highest BCUT2D eigenvalue weighted by molar-refractivity contribution is 5.83. The Kier molecular flexibility index (Phi) is 4.11. The third-order valence-corrected chi connectivity index (χ3v) is 6.40. The number of carbonyl (C=O) groups excluding carboxylic acids is 1. The van der Waals surface area contributed by atoms with Gasteiger partial charge in [-0.25, -0.2) is 4.98 Å². The molecule has 0 bridgehead atoms. The minimum Gasteiger partial charge on any atom is -0.383 e. The Hall–Kier alpha value is -2.36. The van der Waals surface area contributed by atoms with Crippen molar-refractivity contribution in [2.24, 2.45) is 25.9 Å². The Labute approximate surface area is 159 Å². The summed E-state index contributed by atoms with van der Waals surface area (Å²) in [4.78, 5) is 15.3. The summed E-state index contributed by atoms with van der Waals surface area (Å²) in [7, 11) is 2.97. The topological polar surface area (TPSA) is 99.0 Å². The number of aryl methyl sites for hydroxylation is 1. The van der Waals surface area contributed by atoms with E-state index in [2.05, 4.69) is 10.1 Å². The SMILES string of the molecule is Cn1nc(C2CC3CC(O)(c4ncc(C(F)(F)F)n4C)CC3C2)c(C=O)c1N. The molecule has 2 saturated carbocycles. The molecule has 0 amide bonds. The number of aromatic nitrogens is 4. The van der Waals surface area contributed by atoms with Gasteiger partial charge >= 0.3 is 6.18 Å². The maximum absolute atomic E-state index is 13.1. The monoisotopic (exact) mass is 397 g/mol. The number of aldehydes is 1. The number of imidazole rings is 1. The standard InChI is InChI=1S/C18H22F3N5O2/c1-25-13(18(19,20)21)7-23-16(25)17(28)5-10-3-9(4-11(10)6-17)14-12(8-27)15(22)26(2)24-14/h7-11,28H,3-6,22H2,1-2H3. The van der Waals surface area contributed by atoms with Crippen molar-refractivity contribution < 1.29 is 23.1 Å². The number of halogens is 3. The number of nitrogen functional groups attached to an aromatic ring is 1. The van der Waals surface area contributed by atoms with Gasteiger partial charge < -0.3 is 15.4 Å². The summed E-state index contributed by atoms with van der Waals surface area (Å²) in [5, 5.41) is 15.5. The van der Waals surface area contributed by atoms with E-state index in [4.69, 9.17) is 5.73 Å². The fourth-order valence-electron chi connectivity index (χ4n) is 5.17. The van der Waals surface area contributed by atoms with Gasteiger partial charge in [0.05, 0.1) is 17.5 Å². The smallest absolute Gasteiger partial charge is 0.383 e. The molecule has 0 spiro atoms. The summed E-state index contributed by atoms with van der Waals surface area (Å²) in [6.07, 6.45) is -0.919. The van der Waals surface area contributed by atoms with E-state index in [-0.39, 0.29) is 23.6 Å². The molecule has 0 radical (unpaired) electrons. The third-order valence-electron chi connectivity index (χ3n) is 6.40. The number of nitrogens with two attached hydrogens (primary N) is 1. The quantitative estimate of drug-likeness (QED) is 0.775. The van der Waals surface area contributed by atoms with Crippen molar-refractivity contribution in [3.8, 4) is 0 Å². The van der Waals surface area contributed by atoms with Crippen molar-refractivity contribution in [1.82, 2.24) is 19.3 Å². The van der Waals surface area contributed by atoms with Crippen LogP contribution in [0.25, 0.3) is 0 Å². The van der Waals surface area contributed by atoms with E-state index in [0.717, 1.165) is 10.8 Å². The lowest BCUT2D eigenvalue weighted by Crippen LogP contribution is -2.28. The van der Waals surface area contributed by atoms with Gasteiger partial charge in [-0.2, -0.15) is 18.3 Å². The van der Waals surface area contributed by atoms with E-state index < -0.39 is 17.5 Å². The Balaban J connectivity index is 1.55. The van der Waals surface area contributed by atoms with Crippen LogP contribution in [-0.2, 0) is 25.9 Å². The van der Waals surface area contributed by atoms with Gasteiger partial charge in [0.2, 0.25) is 0 Å². The van der Waals surface area contributed by atoms with Gasteiger partial charge in [-0.3, -0.25) is 9.48 Å². The first kappa shape index (κ1) is 19.0. The molecule has 2 aromatic heterocycles. The molecule has 2 fully saturated rings. The van der Waals surface area contributed by atoms with Crippen molar-refractivity contribution in [2.75, 3.05) is 5.73 Å². The number of rotatable bonds is 3. The molecule has 7 nitrogen and oxygen atoms in total. The van der Waals surface area contributed by atoms with E-state index in [0.29, 0.717) is 49.0 Å². The van der Waals surface area contributed by atoms with Crippen molar-refractivity contribution in [2.45, 2.75) is 43.4 Å². The fourth-order valence-corrected chi connectivity index (χ4v) is 5.17. The van der Waals surface area contributed by atoms with E-state index in [9.17, 15) is 23.1 Å². The molecule has 28 heavy (non-hydrogen) atoms. The predicted octanol–water partition coefficient (Wildman–Crippen LogP) is 2.36. The zero-order valence-corrected chi connectivity index (χ0v) is 15.6. The van der Waals surface area contributed by atoms with Crippen LogP contribution in [0.5, 0.6) is 0 Å². The van der Waals surface area contributed by atoms with E-state index in [1.807, 2.05) is 0 Å². The first-order chi connectivity index (χ1) is 13.0. The molecule has 0 aliphatic heterocycles. The van der Waals surface area contributed by atoms with E-state index >= 15 is 0 Å². The predicted molar refractivity (Wildman–Crippen MR) is 93.3 cm³/mol. The number of aliphatic hydroxyl groups is 1. The van der Waals surface area contributed by atoms with Crippen LogP contribution in [0.4, 0.5) is 19.0 Å². The first-order valence-electron chi connectivity index (χ1n) is 9.14. The molecular weight excluding hydrogens is 375 g/mol. The largest absolute Gasteiger partial charge is 0.432 e. The Bertz CT molecular complexity index is 919. The summed E-state index contributed by atoms with van der Waals surface area (Å²) in [6.45, 7) is 0. The molecule has 2 unspecified atom stereocenters. The van der Waals surface area contributed by atoms with Gasteiger partial charge in [0, 0.05) is 20.0 Å². The van der Waals surface area contributed by atoms with Crippen molar-refractivity contribution in [1.29, 1.82) is 0 Å². The summed E-state index contributed by atoms with van der Waals surface area (Å²) in [6, 6.07) is 0. The minimum atomic E-state index is -4.51. The van der Waals surface area contributed by atoms with Crippen LogP contribution in [0, 0.1) is 11.8 Å². The minimum absolute atomic E-state index is 0.0513. The number of hydrogen-bond donors (Lipinski definition) is 2. The zero-order chi connectivity index (χ0) is 20.4. The summed E-state index contributed by atoms with van der Waals surface area (Å²) < 4.78 is 41.6. The second-order valence-corrected chi connectivity index (χ2v) is 8.08. The van der Waals surface area contributed by atoms with E-state index in [1.165, 1.54) is 11.7 Å². The first-order valence-corrected chi connectivity index (χ1v) is 9.14. The van der Waals surface area contributed by atoms with Crippen LogP contribution in [0.15, 0.2) is 6.20 Å². The van der Waals surface area contributed by atoms with Crippen LogP contribution < -0.4 is 5.73 Å². The third kappa shape index (κ3) is 2.73. The lowest BCUT2D eigenvalue weighted by molar-refractivity contribution is -0.143. The Morgan fingerprint density at radius 2 is 1.89 bits per heavy atom. The van der Waals surface area contributed by atoms with Crippen molar-refractivity contribution in [3.63, 3.8) is 0 Å². The van der Waals surface area contributed by atoms with Crippen LogP contribution in [0.3, 0.4) is 0 Å². The molecule has 4 rings (SSSR count). The molecule has 10 heteroatoms. The van der Waals surface area contributed by atoms with Gasteiger partial charge in [-0.1, -0.05) is 0 Å². The van der Waals surface area contributed by atoms with Crippen LogP contribution in [-0.4, -0.2) is 30.7 Å². The molecular formula is C18H22F3N5O2. The van der Waals surface area contributed by atoms with Crippen molar-refractivity contribution >= 4 is 12.1 Å². The summed E-state index contributed by atoms with van der Waals surface area (Å²) in [5.74, 6) is 0.690. The second kappa shape index (κ2) is 6.07. The van der Waals surface area contributed by atoms with Gasteiger partial charge in [0.15, 0.2) is 6.29 Å². The van der Waals surface area contributed by atoms with Crippen LogP contribution >= 0.6 is 0 Å². The molecule has 2 aliphatic rings. The molecule has 0 saturated heterocycles. The highest BCUT2D eigenvalue weighted by Crippen LogP contribution is 2.56. The van der Waals surface area contributed by atoms with Crippen molar-refractivity contribution in [3.05, 3.63) is 29.0 Å². The summed E-state index contributed by atoms with van der Waals surface area (Å²) >= 11 is 0. The normalized spacial score (nSPS) is 30.0. The van der Waals surface area contributed by atoms with Gasteiger partial charge in [-0.15, -0.1) is 0 Å². The molecule has 0 aromatic carbocycles. The van der Waals surface area contributed by atoms with Crippen LogP contribution in [0.2, 0.25) is 0 Å². The molecule has 152 valence electrons. The maximum Gasteiger partial charge on any atom is 0.432 e. The van der Waals surface area contributed by atoms with Gasteiger partial charge in [-0.05, 0) is 37.5 Å². The number of carbonyl (C=O) groups is 1. The lowest BCUT2D eigenvalue weighted by atomic mass is 9.91. The number of alkyl halides is 3. The second-order valence-electron chi connectivity index (χ2n) is 8.08. The average Bonchev–Trinajstić information content (AvgIpc) is 3.29. The maximum atomic E-state index is 13.1. The summed E-state index contributed by atoms with van der Waals surface area (Å²) in [5.41, 5.74) is 4.72. The highest BCUT2D eigenvalue weighted by atomic mass is 19.4. The average molecular weight is 397 g/mol. The number of anilines is 1. The lowest BCUT2D eigenvalue weighted by Gasteiger charge is -2.24. The molecule has 2 atom stereocenters. The van der Waals surface area contributed by atoms with Crippen LogP contribution in [0.1, 0.15) is 59.2 Å². The van der Waals surface area contributed by atoms with Gasteiger partial charge in [0.1, 0.15) is 22.9 Å². The molecule has 2 aromatic rings. The molecule has 2 heterocycles. The highest BCUT2D eigenvalue weighted by Gasteiger charge is 2.52. The number of hydrogen-bond acceptors (Lipinski definition) is 5. The number of fused-ring (bicyclic) bond motifs is 1.